The van der Waals surface area contributed by atoms with Crippen LogP contribution in [0.1, 0.15) is 85.0 Å². The fraction of sp³-hybridized carbons (Fsp3) is 0.688. The third-order valence-corrected chi connectivity index (χ3v) is 8.88. The maximum absolute atomic E-state index is 12.2. The van der Waals surface area contributed by atoms with Crippen LogP contribution >= 0.6 is 7.82 Å². The van der Waals surface area contributed by atoms with Crippen LogP contribution in [-0.2, 0) is 28.2 Å². The molecule has 6 N–H and O–H groups in total. The van der Waals surface area contributed by atoms with Gasteiger partial charge in [-0.15, -0.1) is 0 Å². The van der Waals surface area contributed by atoms with E-state index in [1.165, 1.54) is 24.3 Å². The number of hydrogen-bond donors (Lipinski definition) is 5. The number of hydrogen-bond acceptors (Lipinski definition) is 9. The summed E-state index contributed by atoms with van der Waals surface area (Å²) in [5.41, 5.74) is 3.74. The highest BCUT2D eigenvalue weighted by Crippen LogP contribution is 2.42. The van der Waals surface area contributed by atoms with Gasteiger partial charge in [0.25, 0.3) is 0 Å². The lowest BCUT2D eigenvalue weighted by atomic mass is 9.86. The summed E-state index contributed by atoms with van der Waals surface area (Å²) in [5.74, 6) is -0.134. The number of aliphatic hydroxyl groups excluding tert-OH is 1. The third-order valence-electron chi connectivity index (χ3n) is 8.35. The predicted molar refractivity (Wildman–Crippen MR) is 167 cm³/mol. The van der Waals surface area contributed by atoms with Crippen LogP contribution in [0.5, 0.6) is 0 Å². The Bertz CT molecular complexity index is 1070. The fourth-order valence-electron chi connectivity index (χ4n) is 5.46. The number of ether oxygens (including phenoxy) is 2. The van der Waals surface area contributed by atoms with Crippen molar-refractivity contribution in [2.45, 2.75) is 115 Å². The molecule has 8 atom stereocenters. The molecule has 2 aliphatic rings. The molecule has 0 aromatic heterocycles. The molecule has 0 amide bonds. The van der Waals surface area contributed by atoms with E-state index in [0.717, 1.165) is 38.5 Å². The van der Waals surface area contributed by atoms with Gasteiger partial charge in [0.1, 0.15) is 23.9 Å². The van der Waals surface area contributed by atoms with Crippen LogP contribution in [0.4, 0.5) is 0 Å². The summed E-state index contributed by atoms with van der Waals surface area (Å²) < 4.78 is 27.8. The summed E-state index contributed by atoms with van der Waals surface area (Å²) in [4.78, 5) is 43.1. The van der Waals surface area contributed by atoms with Crippen LogP contribution in [0.2, 0.25) is 0 Å². The number of aliphatic hydroxyl groups is 2. The fourth-order valence-corrected chi connectivity index (χ4v) is 6.06. The van der Waals surface area contributed by atoms with E-state index in [4.69, 9.17) is 19.7 Å². The quantitative estimate of drug-likeness (QED) is 0.0618. The molecular weight excluding hydrogens is 589 g/mol. The molecule has 44 heavy (non-hydrogen) atoms. The summed E-state index contributed by atoms with van der Waals surface area (Å²) in [6, 6.07) is 0. The van der Waals surface area contributed by atoms with Gasteiger partial charge < -0.3 is 35.2 Å². The van der Waals surface area contributed by atoms with Crippen molar-refractivity contribution < 1.29 is 48.2 Å². The Morgan fingerprint density at radius 2 is 2.00 bits per heavy atom. The van der Waals surface area contributed by atoms with Crippen LogP contribution < -0.4 is 5.73 Å². The molecule has 1 aliphatic heterocycles. The Balaban J connectivity index is 2.04. The Kier molecular flexibility index (Phi) is 16.2. The zero-order valence-corrected chi connectivity index (χ0v) is 27.1. The number of esters is 2. The number of rotatable bonds is 18. The van der Waals surface area contributed by atoms with Crippen molar-refractivity contribution in [3.63, 3.8) is 0 Å². The van der Waals surface area contributed by atoms with Crippen LogP contribution in [0.15, 0.2) is 48.6 Å². The molecule has 12 heteroatoms. The first-order valence-electron chi connectivity index (χ1n) is 15.8. The number of nitrogens with two attached hydrogens (primary N) is 1. The molecule has 0 radical (unpaired) electrons. The predicted octanol–water partition coefficient (Wildman–Crippen LogP) is 4.40. The molecule has 0 bridgehead atoms. The second-order valence-electron chi connectivity index (χ2n) is 12.0. The monoisotopic (exact) mass is 641 g/mol. The molecule has 11 nitrogen and oxygen atoms in total. The Morgan fingerprint density at radius 3 is 2.66 bits per heavy atom. The van der Waals surface area contributed by atoms with Crippen LogP contribution in [-0.4, -0.2) is 68.5 Å². The van der Waals surface area contributed by atoms with Crippen molar-refractivity contribution in [3.8, 4) is 0 Å². The van der Waals surface area contributed by atoms with Gasteiger partial charge in [0.2, 0.25) is 0 Å². The molecule has 2 rings (SSSR count). The van der Waals surface area contributed by atoms with Crippen LogP contribution in [0, 0.1) is 17.8 Å². The van der Waals surface area contributed by atoms with Crippen LogP contribution in [0.3, 0.4) is 0 Å². The van der Waals surface area contributed by atoms with Gasteiger partial charge in [-0.2, -0.15) is 0 Å². The summed E-state index contributed by atoms with van der Waals surface area (Å²) in [6.07, 6.45) is 15.0. The van der Waals surface area contributed by atoms with Gasteiger partial charge in [-0.1, -0.05) is 63.6 Å². The molecule has 0 spiro atoms. The van der Waals surface area contributed by atoms with Crippen molar-refractivity contribution in [1.82, 2.24) is 0 Å². The molecule has 1 heterocycles. The van der Waals surface area contributed by atoms with Gasteiger partial charge in [-0.05, 0) is 69.4 Å². The summed E-state index contributed by atoms with van der Waals surface area (Å²) in [7, 11) is -5.08. The van der Waals surface area contributed by atoms with Gasteiger partial charge in [-0.3, -0.25) is 9.32 Å². The largest absolute Gasteiger partial charge is 0.469 e. The minimum Gasteiger partial charge on any atom is -0.462 e. The first-order chi connectivity index (χ1) is 20.8. The molecule has 0 aromatic carbocycles. The zero-order valence-electron chi connectivity index (χ0n) is 26.2. The summed E-state index contributed by atoms with van der Waals surface area (Å²) in [6.45, 7) is 6.09. The number of phosphoric acid groups is 1. The van der Waals surface area contributed by atoms with E-state index < -0.39 is 37.7 Å². The van der Waals surface area contributed by atoms with Crippen molar-refractivity contribution in [2.75, 3.05) is 6.54 Å². The third kappa shape index (κ3) is 13.9. The van der Waals surface area contributed by atoms with Crippen molar-refractivity contribution in [1.29, 1.82) is 0 Å². The topological polar surface area (TPSA) is 186 Å². The number of phosphoric ester groups is 1. The normalized spacial score (nSPS) is 26.5. The smallest absolute Gasteiger partial charge is 0.462 e. The molecule has 0 aromatic rings. The number of cyclic esters (lactones) is 1. The minimum atomic E-state index is -5.08. The van der Waals surface area contributed by atoms with Crippen LogP contribution in [0.25, 0.3) is 0 Å². The van der Waals surface area contributed by atoms with E-state index >= 15 is 0 Å². The van der Waals surface area contributed by atoms with Gasteiger partial charge in [0.05, 0.1) is 6.10 Å². The van der Waals surface area contributed by atoms with Gasteiger partial charge in [0.15, 0.2) is 0 Å². The van der Waals surface area contributed by atoms with E-state index in [0.29, 0.717) is 18.8 Å². The van der Waals surface area contributed by atoms with Gasteiger partial charge in [-0.25, -0.2) is 9.36 Å². The van der Waals surface area contributed by atoms with E-state index in [1.54, 1.807) is 18.2 Å². The zero-order chi connectivity index (χ0) is 32.8. The Morgan fingerprint density at radius 1 is 1.25 bits per heavy atom. The van der Waals surface area contributed by atoms with Crippen molar-refractivity contribution in [3.05, 3.63) is 48.6 Å². The number of carbonyl (C=O) groups excluding carboxylic acids is 2. The molecule has 1 fully saturated rings. The maximum Gasteiger partial charge on any atom is 0.469 e. The number of allylic oxidation sites excluding steroid dienone is 3. The average molecular weight is 642 g/mol. The highest BCUT2D eigenvalue weighted by atomic mass is 31.2. The van der Waals surface area contributed by atoms with Crippen molar-refractivity contribution >= 4 is 19.8 Å². The lowest BCUT2D eigenvalue weighted by molar-refractivity contribution is -0.151. The van der Waals surface area contributed by atoms with E-state index in [1.807, 2.05) is 13.0 Å². The highest BCUT2D eigenvalue weighted by molar-refractivity contribution is 7.46. The highest BCUT2D eigenvalue weighted by Gasteiger charge is 2.40. The molecule has 250 valence electrons. The minimum absolute atomic E-state index is 0.0480. The van der Waals surface area contributed by atoms with E-state index in [2.05, 4.69) is 13.8 Å². The summed E-state index contributed by atoms with van der Waals surface area (Å²) in [5, 5.41) is 22.2. The average Bonchev–Trinajstić information content (AvgIpc) is 2.96. The Hall–Kier alpha value is -2.11. The van der Waals surface area contributed by atoms with Gasteiger partial charge >= 0.3 is 19.8 Å². The maximum atomic E-state index is 12.2. The first kappa shape index (κ1) is 38.1. The molecule has 8 unspecified atom stereocenters. The van der Waals surface area contributed by atoms with Gasteiger partial charge in [0, 0.05) is 24.8 Å². The molecule has 1 aliphatic carbocycles. The summed E-state index contributed by atoms with van der Waals surface area (Å²) >= 11 is 0. The second kappa shape index (κ2) is 18.8. The van der Waals surface area contributed by atoms with E-state index in [9.17, 15) is 34.2 Å². The first-order valence-corrected chi connectivity index (χ1v) is 17.3. The number of carbonyl (C=O) groups is 2. The van der Waals surface area contributed by atoms with E-state index in [-0.39, 0.29) is 43.3 Å². The Labute approximate surface area is 261 Å². The standard InChI is InChI=1S/C32H52NO10P/c1-4-23(3)13-15-30(35)41-27-12-8-10-24(21-27)9-6-7-11-26(34)22-29(43-44(38,39)40)32(37,19-20-33)18-17-28-25(5-2)14-16-31(36)42-28/h6-7,9,11,14,16-18,23-29,34,37H,4-5,8,10,12-13,15,19-22,33H2,1-3H3,(H2,38,39,40)/b9-6+,11-7+,18-17+. The second-order valence-corrected chi connectivity index (χ2v) is 13.2. The molecular formula is C32H52NO10P. The SMILES string of the molecule is CCC(C)CCC(=O)OC1CCCC(/C=C/C=C/C(O)CC(OP(=O)(O)O)C(O)(/C=C/C2OC(=O)C=CC2CC)CCN)C1. The molecule has 1 saturated carbocycles. The van der Waals surface area contributed by atoms with Crippen molar-refractivity contribution in [2.24, 2.45) is 23.5 Å². The molecule has 0 saturated heterocycles. The lowest BCUT2D eigenvalue weighted by Gasteiger charge is -2.35. The lowest BCUT2D eigenvalue weighted by Crippen LogP contribution is -2.45.